The number of halogens is 1. The molecule has 0 aromatic heterocycles. The lowest BCUT2D eigenvalue weighted by molar-refractivity contribution is -0.150. The van der Waals surface area contributed by atoms with Gasteiger partial charge in [0.15, 0.2) is 11.6 Å². The molecule has 2 heterocycles. The Bertz CT molecular complexity index is 2570. The van der Waals surface area contributed by atoms with Gasteiger partial charge >= 0.3 is 11.9 Å². The fourth-order valence-electron chi connectivity index (χ4n) is 7.72. The first-order valence-corrected chi connectivity index (χ1v) is 23.8. The summed E-state index contributed by atoms with van der Waals surface area (Å²) in [4.78, 5) is 51.0. The van der Waals surface area contributed by atoms with E-state index in [-0.39, 0.29) is 53.0 Å². The summed E-state index contributed by atoms with van der Waals surface area (Å²) < 4.78 is 50.4. The molecule has 0 saturated carbocycles. The molecule has 12 nitrogen and oxygen atoms in total. The molecule has 0 unspecified atom stereocenters. The SMILES string of the molecule is CCSCc1c(-c2ccc(OC(=O)c3ccc(OCCCN4C(=O)C=CC4=O)cc3)c(C=N)c2)ccc2c(F)c(OC(=O)c3ccc(OCCCCCCOCC4(CC)COC4)cc3)ccc12. The van der Waals surface area contributed by atoms with Crippen LogP contribution in [-0.2, 0) is 24.8 Å². The third kappa shape index (κ3) is 12.4. The van der Waals surface area contributed by atoms with Crippen LogP contribution in [0.3, 0.4) is 0 Å². The van der Waals surface area contributed by atoms with Crippen LogP contribution in [0.1, 0.15) is 84.2 Å². The van der Waals surface area contributed by atoms with Crippen LogP contribution in [0, 0.1) is 16.6 Å². The second kappa shape index (κ2) is 23.4. The molecule has 2 aliphatic heterocycles. The van der Waals surface area contributed by atoms with E-state index in [0.717, 1.165) is 92.1 Å². The number of hydrogen-bond acceptors (Lipinski definition) is 12. The predicted molar refractivity (Wildman–Crippen MR) is 256 cm³/mol. The van der Waals surface area contributed by atoms with Gasteiger partial charge in [-0.05, 0) is 127 Å². The van der Waals surface area contributed by atoms with Crippen LogP contribution in [0.15, 0.2) is 103 Å². The molecule has 0 spiro atoms. The van der Waals surface area contributed by atoms with Crippen LogP contribution in [0.25, 0.3) is 21.9 Å². The van der Waals surface area contributed by atoms with E-state index in [1.807, 2.05) is 13.0 Å². The molecule has 350 valence electrons. The molecule has 67 heavy (non-hydrogen) atoms. The molecule has 2 aliphatic rings. The smallest absolute Gasteiger partial charge is 0.343 e. The highest BCUT2D eigenvalue weighted by molar-refractivity contribution is 7.98. The molecular weight excluding hydrogens is 876 g/mol. The van der Waals surface area contributed by atoms with Crippen molar-refractivity contribution < 1.29 is 52.0 Å². The largest absolute Gasteiger partial charge is 0.494 e. The minimum atomic E-state index is -0.691. The van der Waals surface area contributed by atoms with Gasteiger partial charge in [0.2, 0.25) is 0 Å². The van der Waals surface area contributed by atoms with E-state index in [1.165, 1.54) is 18.2 Å². The van der Waals surface area contributed by atoms with Gasteiger partial charge in [0.05, 0.1) is 44.2 Å². The summed E-state index contributed by atoms with van der Waals surface area (Å²) in [5.74, 6) is -0.124. The molecule has 0 aliphatic carbocycles. The first-order valence-electron chi connectivity index (χ1n) is 22.7. The second-order valence-corrected chi connectivity index (χ2v) is 17.7. The number of esters is 2. The van der Waals surface area contributed by atoms with Gasteiger partial charge in [-0.2, -0.15) is 11.8 Å². The van der Waals surface area contributed by atoms with E-state index in [1.54, 1.807) is 90.6 Å². The number of nitrogens with zero attached hydrogens (tertiary/aromatic N) is 1. The lowest BCUT2D eigenvalue weighted by Crippen LogP contribution is -2.45. The second-order valence-electron chi connectivity index (χ2n) is 16.5. The lowest BCUT2D eigenvalue weighted by Gasteiger charge is -2.40. The van der Waals surface area contributed by atoms with Gasteiger partial charge in [-0.3, -0.25) is 14.5 Å². The van der Waals surface area contributed by atoms with Crippen molar-refractivity contribution >= 4 is 52.5 Å². The Morgan fingerprint density at radius 3 is 1.94 bits per heavy atom. The van der Waals surface area contributed by atoms with E-state index >= 15 is 4.39 Å². The summed E-state index contributed by atoms with van der Waals surface area (Å²) in [6.07, 6.45) is 9.12. The molecule has 0 radical (unpaired) electrons. The monoisotopic (exact) mass is 930 g/mol. The van der Waals surface area contributed by atoms with E-state index in [9.17, 15) is 19.2 Å². The highest BCUT2D eigenvalue weighted by atomic mass is 32.2. The molecule has 1 saturated heterocycles. The molecule has 5 aromatic rings. The number of hydrogen-bond donors (Lipinski definition) is 1. The first kappa shape index (κ1) is 48.6. The molecule has 1 fully saturated rings. The normalized spacial score (nSPS) is 14.0. The molecule has 0 atom stereocenters. The Hall–Kier alpha value is -6.35. The maximum Gasteiger partial charge on any atom is 0.343 e. The summed E-state index contributed by atoms with van der Waals surface area (Å²) in [7, 11) is 0. The maximum absolute atomic E-state index is 16.2. The van der Waals surface area contributed by atoms with Crippen molar-refractivity contribution in [3.8, 4) is 34.1 Å². The van der Waals surface area contributed by atoms with Gasteiger partial charge in [-0.25, -0.2) is 14.0 Å². The minimum Gasteiger partial charge on any atom is -0.494 e. The number of carbonyl (C=O) groups excluding carboxylic acids is 4. The number of amides is 2. The Morgan fingerprint density at radius 2 is 1.34 bits per heavy atom. The van der Waals surface area contributed by atoms with E-state index < -0.39 is 17.8 Å². The van der Waals surface area contributed by atoms with Crippen LogP contribution >= 0.6 is 11.8 Å². The van der Waals surface area contributed by atoms with Crippen molar-refractivity contribution in [1.29, 1.82) is 5.41 Å². The van der Waals surface area contributed by atoms with Gasteiger partial charge in [-0.15, -0.1) is 0 Å². The molecule has 14 heteroatoms. The van der Waals surface area contributed by atoms with Crippen molar-refractivity contribution in [2.75, 3.05) is 51.9 Å². The topological polar surface area (TPSA) is 151 Å². The number of nitrogens with one attached hydrogen (secondary N) is 1. The highest BCUT2D eigenvalue weighted by Gasteiger charge is 2.37. The van der Waals surface area contributed by atoms with Crippen LogP contribution in [0.4, 0.5) is 4.39 Å². The zero-order valence-electron chi connectivity index (χ0n) is 37.8. The zero-order chi connectivity index (χ0) is 47.2. The fraction of sp³-hybridized carbons (Fsp3) is 0.340. The van der Waals surface area contributed by atoms with E-state index in [0.29, 0.717) is 46.6 Å². The standard InChI is InChI=1S/C53H55FN2O10S/c1-3-53(34-62-35-53)33-61-27-7-5-6-8-28-63-40-15-12-37(13-16-40)52(60)66-47-23-21-43-44(50(47)54)20-19-42(45(43)32-67-4-2)38-14-22-46(39(30-38)31-55)65-51(59)36-10-17-41(18-11-36)64-29-9-26-56-48(57)24-25-49(56)58/h10-25,30-31,55H,3-9,26-29,32-35H2,1-2H3. The number of fused-ring (bicyclic) bond motifs is 1. The van der Waals surface area contributed by atoms with Crippen LogP contribution < -0.4 is 18.9 Å². The number of benzene rings is 5. The number of unbranched alkanes of at least 4 members (excludes halogenated alkanes) is 3. The Kier molecular flexibility index (Phi) is 17.0. The fourth-order valence-corrected chi connectivity index (χ4v) is 8.44. The van der Waals surface area contributed by atoms with Crippen molar-refractivity contribution in [2.45, 2.75) is 58.1 Å². The van der Waals surface area contributed by atoms with Crippen LogP contribution in [0.2, 0.25) is 0 Å². The average Bonchev–Trinajstić information content (AvgIpc) is 3.66. The Balaban J connectivity index is 0.928. The molecule has 7 rings (SSSR count). The molecular formula is C53H55FN2O10S. The summed E-state index contributed by atoms with van der Waals surface area (Å²) in [5, 5.41) is 9.11. The summed E-state index contributed by atoms with van der Waals surface area (Å²) in [6.45, 7) is 8.40. The summed E-state index contributed by atoms with van der Waals surface area (Å²) >= 11 is 1.67. The third-order valence-corrected chi connectivity index (χ3v) is 12.7. The van der Waals surface area contributed by atoms with Crippen molar-refractivity contribution in [1.82, 2.24) is 4.90 Å². The van der Waals surface area contributed by atoms with Crippen LogP contribution in [-0.4, -0.2) is 86.8 Å². The first-order chi connectivity index (χ1) is 32.6. The summed E-state index contributed by atoms with van der Waals surface area (Å²) in [6, 6.07) is 24.9. The highest BCUT2D eigenvalue weighted by Crippen LogP contribution is 2.38. The Labute approximate surface area is 394 Å². The molecule has 5 aromatic carbocycles. The summed E-state index contributed by atoms with van der Waals surface area (Å²) in [5.41, 5.74) is 3.54. The molecule has 2 amide bonds. The average molecular weight is 931 g/mol. The van der Waals surface area contributed by atoms with Gasteiger partial charge in [-0.1, -0.05) is 44.5 Å². The van der Waals surface area contributed by atoms with E-state index in [2.05, 4.69) is 6.92 Å². The van der Waals surface area contributed by atoms with E-state index in [4.69, 9.17) is 33.8 Å². The van der Waals surface area contributed by atoms with Gasteiger partial charge in [0, 0.05) is 53.6 Å². The quantitative estimate of drug-likeness (QED) is 0.0196. The number of ether oxygens (including phenoxy) is 6. The van der Waals surface area contributed by atoms with Gasteiger partial charge < -0.3 is 33.8 Å². The number of thioether (sulfide) groups is 1. The van der Waals surface area contributed by atoms with Crippen molar-refractivity contribution in [2.24, 2.45) is 5.41 Å². The van der Waals surface area contributed by atoms with Crippen molar-refractivity contribution in [3.05, 3.63) is 131 Å². The predicted octanol–water partition coefficient (Wildman–Crippen LogP) is 10.4. The van der Waals surface area contributed by atoms with Gasteiger partial charge in [0.25, 0.3) is 11.8 Å². The number of rotatable bonds is 25. The lowest BCUT2D eigenvalue weighted by atomic mass is 9.84. The van der Waals surface area contributed by atoms with Gasteiger partial charge in [0.1, 0.15) is 17.2 Å². The van der Waals surface area contributed by atoms with Crippen molar-refractivity contribution in [3.63, 3.8) is 0 Å². The zero-order valence-corrected chi connectivity index (χ0v) is 38.6. The molecule has 1 N–H and O–H groups in total. The minimum absolute atomic E-state index is 0.185. The number of carbonyl (C=O) groups is 4. The number of imide groups is 1. The van der Waals surface area contributed by atoms with Crippen LogP contribution in [0.5, 0.6) is 23.0 Å². The molecule has 0 bridgehead atoms. The maximum atomic E-state index is 16.2. The third-order valence-electron chi connectivity index (χ3n) is 11.8. The Morgan fingerprint density at radius 1 is 0.746 bits per heavy atom.